The van der Waals surface area contributed by atoms with Gasteiger partial charge >= 0.3 is 0 Å². The molecule has 0 fully saturated rings. The van der Waals surface area contributed by atoms with Gasteiger partial charge in [-0.1, -0.05) is 19.9 Å². The third-order valence-corrected chi connectivity index (χ3v) is 3.20. The zero-order valence-electron chi connectivity index (χ0n) is 8.84. The van der Waals surface area contributed by atoms with E-state index >= 15 is 0 Å². The first-order valence-electron chi connectivity index (χ1n) is 4.95. The molecule has 0 aliphatic carbocycles. The molecule has 15 heavy (non-hydrogen) atoms. The zero-order valence-corrected chi connectivity index (χ0v) is 9.66. The fourth-order valence-electron chi connectivity index (χ4n) is 1.55. The molecule has 2 heterocycles. The lowest BCUT2D eigenvalue weighted by Crippen LogP contribution is -2.05. The predicted octanol–water partition coefficient (Wildman–Crippen LogP) is 2.68. The smallest absolute Gasteiger partial charge is 0.136 e. The standard InChI is InChI=1S/C11H14N2OS/c1-8(2)10-6-9(12-13(10)7-14)11-4-3-5-15-11/h3-6,8,14H,7H2,1-2H3. The fourth-order valence-corrected chi connectivity index (χ4v) is 2.24. The summed E-state index contributed by atoms with van der Waals surface area (Å²) < 4.78 is 1.65. The Bertz CT molecular complexity index is 431. The van der Waals surface area contributed by atoms with Crippen molar-refractivity contribution in [3.63, 3.8) is 0 Å². The van der Waals surface area contributed by atoms with E-state index in [0.29, 0.717) is 5.92 Å². The lowest BCUT2D eigenvalue weighted by Gasteiger charge is -2.05. The van der Waals surface area contributed by atoms with E-state index < -0.39 is 0 Å². The summed E-state index contributed by atoms with van der Waals surface area (Å²) >= 11 is 1.66. The topological polar surface area (TPSA) is 38.0 Å². The molecule has 2 aromatic rings. The first-order chi connectivity index (χ1) is 7.22. The van der Waals surface area contributed by atoms with Crippen molar-refractivity contribution in [2.24, 2.45) is 0 Å². The molecule has 0 aromatic carbocycles. The van der Waals surface area contributed by atoms with Crippen LogP contribution in [0.3, 0.4) is 0 Å². The Morgan fingerprint density at radius 2 is 2.33 bits per heavy atom. The quantitative estimate of drug-likeness (QED) is 0.867. The fraction of sp³-hybridized carbons (Fsp3) is 0.364. The van der Waals surface area contributed by atoms with Gasteiger partial charge in [-0.05, 0) is 23.4 Å². The Balaban J connectivity index is 2.43. The summed E-state index contributed by atoms with van der Waals surface area (Å²) in [6.45, 7) is 4.14. The number of nitrogens with zero attached hydrogens (tertiary/aromatic N) is 2. The van der Waals surface area contributed by atoms with Gasteiger partial charge in [-0.25, -0.2) is 4.68 Å². The van der Waals surface area contributed by atoms with Gasteiger partial charge in [0, 0.05) is 5.69 Å². The molecule has 0 unspecified atom stereocenters. The minimum absolute atomic E-state index is 0.0567. The summed E-state index contributed by atoms with van der Waals surface area (Å²) in [6.07, 6.45) is 0. The van der Waals surface area contributed by atoms with Gasteiger partial charge in [0.1, 0.15) is 12.4 Å². The maximum Gasteiger partial charge on any atom is 0.136 e. The number of aliphatic hydroxyl groups is 1. The van der Waals surface area contributed by atoms with Crippen LogP contribution >= 0.6 is 11.3 Å². The molecule has 0 bridgehead atoms. The van der Waals surface area contributed by atoms with Crippen molar-refractivity contribution < 1.29 is 5.11 Å². The number of rotatable bonds is 3. The molecule has 4 heteroatoms. The van der Waals surface area contributed by atoms with Crippen molar-refractivity contribution in [2.75, 3.05) is 0 Å². The number of thiophene rings is 1. The van der Waals surface area contributed by atoms with Crippen molar-refractivity contribution in [1.29, 1.82) is 0 Å². The van der Waals surface area contributed by atoms with Crippen molar-refractivity contribution >= 4 is 11.3 Å². The minimum atomic E-state index is -0.0567. The van der Waals surface area contributed by atoms with Crippen LogP contribution in [-0.4, -0.2) is 14.9 Å². The van der Waals surface area contributed by atoms with Crippen molar-refractivity contribution in [1.82, 2.24) is 9.78 Å². The second-order valence-corrected chi connectivity index (χ2v) is 4.68. The van der Waals surface area contributed by atoms with Crippen LogP contribution in [0.4, 0.5) is 0 Å². The molecule has 3 nitrogen and oxygen atoms in total. The molecule has 80 valence electrons. The monoisotopic (exact) mass is 222 g/mol. The third kappa shape index (κ3) is 1.96. The molecule has 0 saturated carbocycles. The second-order valence-electron chi connectivity index (χ2n) is 3.73. The molecule has 2 aromatic heterocycles. The average molecular weight is 222 g/mol. The summed E-state index contributed by atoms with van der Waals surface area (Å²) in [4.78, 5) is 1.14. The van der Waals surface area contributed by atoms with Gasteiger partial charge in [-0.3, -0.25) is 0 Å². The van der Waals surface area contributed by atoms with Gasteiger partial charge in [0.25, 0.3) is 0 Å². The van der Waals surface area contributed by atoms with E-state index in [2.05, 4.69) is 18.9 Å². The molecule has 0 aliphatic heterocycles. The summed E-state index contributed by atoms with van der Waals surface area (Å²) in [5.41, 5.74) is 2.02. The Kier molecular flexibility index (Phi) is 2.88. The van der Waals surface area contributed by atoms with Crippen molar-refractivity contribution in [3.05, 3.63) is 29.3 Å². The molecule has 0 spiro atoms. The molecule has 0 radical (unpaired) electrons. The summed E-state index contributed by atoms with van der Waals surface area (Å²) in [5, 5.41) is 15.6. The largest absolute Gasteiger partial charge is 0.374 e. The zero-order chi connectivity index (χ0) is 10.8. The van der Waals surface area contributed by atoms with Crippen LogP contribution < -0.4 is 0 Å². The highest BCUT2D eigenvalue weighted by Crippen LogP contribution is 2.26. The highest BCUT2D eigenvalue weighted by molar-refractivity contribution is 7.13. The van der Waals surface area contributed by atoms with Crippen LogP contribution in [0.5, 0.6) is 0 Å². The Morgan fingerprint density at radius 3 is 2.80 bits per heavy atom. The van der Waals surface area contributed by atoms with E-state index in [9.17, 15) is 5.11 Å². The predicted molar refractivity (Wildman–Crippen MR) is 61.8 cm³/mol. The minimum Gasteiger partial charge on any atom is -0.374 e. The number of aromatic nitrogens is 2. The van der Waals surface area contributed by atoms with E-state index in [0.717, 1.165) is 16.3 Å². The summed E-state index contributed by atoms with van der Waals surface area (Å²) in [7, 11) is 0. The van der Waals surface area contributed by atoms with Crippen LogP contribution in [-0.2, 0) is 6.73 Å². The number of aliphatic hydroxyl groups excluding tert-OH is 1. The Hall–Kier alpha value is -1.13. The average Bonchev–Trinajstić information content (AvgIpc) is 2.86. The molecule has 1 N–H and O–H groups in total. The maximum absolute atomic E-state index is 9.18. The molecular weight excluding hydrogens is 208 g/mol. The first-order valence-corrected chi connectivity index (χ1v) is 5.83. The van der Waals surface area contributed by atoms with Gasteiger partial charge in [0.2, 0.25) is 0 Å². The normalized spacial score (nSPS) is 11.2. The first kappa shape index (κ1) is 10.4. The van der Waals surface area contributed by atoms with Gasteiger partial charge in [-0.15, -0.1) is 11.3 Å². The van der Waals surface area contributed by atoms with Crippen LogP contribution in [0.15, 0.2) is 23.6 Å². The van der Waals surface area contributed by atoms with Crippen LogP contribution in [0.1, 0.15) is 25.5 Å². The van der Waals surface area contributed by atoms with Gasteiger partial charge in [-0.2, -0.15) is 5.10 Å². The molecule has 0 aliphatic rings. The third-order valence-electron chi connectivity index (χ3n) is 2.31. The molecule has 2 rings (SSSR count). The highest BCUT2D eigenvalue weighted by atomic mass is 32.1. The van der Waals surface area contributed by atoms with E-state index in [1.165, 1.54) is 0 Å². The van der Waals surface area contributed by atoms with Gasteiger partial charge in [0.05, 0.1) is 4.88 Å². The lowest BCUT2D eigenvalue weighted by atomic mass is 10.1. The number of hydrogen-bond acceptors (Lipinski definition) is 3. The van der Waals surface area contributed by atoms with Crippen LogP contribution in [0.25, 0.3) is 10.6 Å². The molecule has 0 saturated heterocycles. The van der Waals surface area contributed by atoms with Crippen LogP contribution in [0, 0.1) is 0 Å². The molecular formula is C11H14N2OS. The van der Waals surface area contributed by atoms with Crippen LogP contribution in [0.2, 0.25) is 0 Å². The van der Waals surface area contributed by atoms with Crippen molar-refractivity contribution in [2.45, 2.75) is 26.5 Å². The van der Waals surface area contributed by atoms with E-state index in [-0.39, 0.29) is 6.73 Å². The van der Waals surface area contributed by atoms with E-state index in [1.807, 2.05) is 23.6 Å². The summed E-state index contributed by atoms with van der Waals surface area (Å²) in [5.74, 6) is 0.373. The van der Waals surface area contributed by atoms with E-state index in [1.54, 1.807) is 16.0 Å². The molecule has 0 atom stereocenters. The number of hydrogen-bond donors (Lipinski definition) is 1. The van der Waals surface area contributed by atoms with Crippen molar-refractivity contribution in [3.8, 4) is 10.6 Å². The Morgan fingerprint density at radius 1 is 1.53 bits per heavy atom. The SMILES string of the molecule is CC(C)c1cc(-c2cccs2)nn1CO. The molecule has 0 amide bonds. The maximum atomic E-state index is 9.18. The van der Waals surface area contributed by atoms with Gasteiger partial charge < -0.3 is 5.11 Å². The second kappa shape index (κ2) is 4.16. The highest BCUT2D eigenvalue weighted by Gasteiger charge is 2.11. The Labute approximate surface area is 93.0 Å². The summed E-state index contributed by atoms with van der Waals surface area (Å²) in [6, 6.07) is 6.10. The lowest BCUT2D eigenvalue weighted by molar-refractivity contribution is 0.190. The van der Waals surface area contributed by atoms with Gasteiger partial charge in [0.15, 0.2) is 0 Å². The van der Waals surface area contributed by atoms with E-state index in [4.69, 9.17) is 0 Å².